The molecule has 1 heterocycles. The zero-order valence-corrected chi connectivity index (χ0v) is 9.40. The van der Waals surface area contributed by atoms with Crippen LogP contribution >= 0.6 is 0 Å². The van der Waals surface area contributed by atoms with Crippen LogP contribution in [0.1, 0.15) is 30.8 Å². The van der Waals surface area contributed by atoms with Gasteiger partial charge < -0.3 is 20.5 Å². The number of amides is 1. The number of nitrogens with one attached hydrogen (secondary N) is 2. The molecule has 0 spiro atoms. The van der Waals surface area contributed by atoms with Crippen LogP contribution in [0.4, 0.5) is 0 Å². The number of carbonyl (C=O) groups excluding carboxylic acids is 1. The van der Waals surface area contributed by atoms with Gasteiger partial charge in [-0.2, -0.15) is 0 Å². The largest absolute Gasteiger partial charge is 0.390 e. The van der Waals surface area contributed by atoms with E-state index >= 15 is 0 Å². The van der Waals surface area contributed by atoms with E-state index in [1.54, 1.807) is 6.92 Å². The van der Waals surface area contributed by atoms with E-state index in [-0.39, 0.29) is 12.3 Å². The van der Waals surface area contributed by atoms with E-state index in [0.717, 1.165) is 5.69 Å². The molecule has 0 saturated carbocycles. The zero-order chi connectivity index (χ0) is 12.1. The maximum Gasteiger partial charge on any atom is 0.216 e. The van der Waals surface area contributed by atoms with Crippen LogP contribution in [0.2, 0.25) is 0 Å². The summed E-state index contributed by atoms with van der Waals surface area (Å²) >= 11 is 0. The average molecular weight is 227 g/mol. The molecule has 6 heteroatoms. The van der Waals surface area contributed by atoms with Gasteiger partial charge in [0.15, 0.2) is 0 Å². The van der Waals surface area contributed by atoms with E-state index in [1.165, 1.54) is 13.3 Å². The van der Waals surface area contributed by atoms with Gasteiger partial charge in [0, 0.05) is 19.2 Å². The van der Waals surface area contributed by atoms with Crippen molar-refractivity contribution in [2.24, 2.45) is 0 Å². The van der Waals surface area contributed by atoms with Gasteiger partial charge in [-0.25, -0.2) is 4.98 Å². The zero-order valence-electron chi connectivity index (χ0n) is 9.40. The Morgan fingerprint density at radius 2 is 2.31 bits per heavy atom. The van der Waals surface area contributed by atoms with Gasteiger partial charge in [0.25, 0.3) is 0 Å². The summed E-state index contributed by atoms with van der Waals surface area (Å²) < 4.78 is 0. The van der Waals surface area contributed by atoms with Crippen molar-refractivity contribution in [1.82, 2.24) is 15.3 Å². The fraction of sp³-hybridized carbons (Fsp3) is 0.600. The molecule has 1 aromatic heterocycles. The quantitative estimate of drug-likeness (QED) is 0.552. The van der Waals surface area contributed by atoms with Crippen LogP contribution in [-0.4, -0.2) is 38.7 Å². The van der Waals surface area contributed by atoms with Gasteiger partial charge in [-0.05, 0) is 13.3 Å². The Labute approximate surface area is 93.7 Å². The predicted molar refractivity (Wildman–Crippen MR) is 57.6 cm³/mol. The van der Waals surface area contributed by atoms with Crippen LogP contribution in [0, 0.1) is 6.92 Å². The van der Waals surface area contributed by atoms with Gasteiger partial charge >= 0.3 is 0 Å². The van der Waals surface area contributed by atoms with E-state index in [4.69, 9.17) is 0 Å². The summed E-state index contributed by atoms with van der Waals surface area (Å²) in [6, 6.07) is 0. The van der Waals surface area contributed by atoms with Gasteiger partial charge in [0.2, 0.25) is 5.91 Å². The maximum atomic E-state index is 10.6. The molecule has 2 unspecified atom stereocenters. The number of aliphatic hydroxyl groups is 2. The minimum Gasteiger partial charge on any atom is -0.390 e. The minimum absolute atomic E-state index is 0.155. The molecule has 1 rings (SSSR count). The third-order valence-electron chi connectivity index (χ3n) is 2.33. The Hall–Kier alpha value is -1.40. The van der Waals surface area contributed by atoms with E-state index in [1.807, 2.05) is 0 Å². The molecule has 0 fully saturated rings. The molecule has 0 aliphatic rings. The van der Waals surface area contributed by atoms with Crippen molar-refractivity contribution in [2.45, 2.75) is 32.5 Å². The van der Waals surface area contributed by atoms with Crippen molar-refractivity contribution in [3.8, 4) is 0 Å². The highest BCUT2D eigenvalue weighted by atomic mass is 16.3. The molecule has 0 bridgehead atoms. The van der Waals surface area contributed by atoms with Gasteiger partial charge in [-0.1, -0.05) is 0 Å². The van der Waals surface area contributed by atoms with Gasteiger partial charge in [-0.3, -0.25) is 4.79 Å². The molecule has 1 amide bonds. The molecule has 0 radical (unpaired) electrons. The van der Waals surface area contributed by atoms with Gasteiger partial charge in [-0.15, -0.1) is 0 Å². The topological polar surface area (TPSA) is 98.2 Å². The van der Waals surface area contributed by atoms with Crippen LogP contribution in [0.25, 0.3) is 0 Å². The fourth-order valence-corrected chi connectivity index (χ4v) is 1.40. The smallest absolute Gasteiger partial charge is 0.216 e. The fourth-order valence-electron chi connectivity index (χ4n) is 1.40. The summed E-state index contributed by atoms with van der Waals surface area (Å²) in [5.74, 6) is -0.155. The summed E-state index contributed by atoms with van der Waals surface area (Å²) in [4.78, 5) is 17.4. The molecule has 0 aliphatic heterocycles. The number of aromatic amines is 1. The van der Waals surface area contributed by atoms with Crippen molar-refractivity contribution >= 4 is 5.91 Å². The van der Waals surface area contributed by atoms with Crippen LogP contribution in [0.15, 0.2) is 6.33 Å². The molecule has 6 nitrogen and oxygen atoms in total. The Morgan fingerprint density at radius 1 is 1.62 bits per heavy atom. The lowest BCUT2D eigenvalue weighted by Crippen LogP contribution is -2.28. The van der Waals surface area contributed by atoms with Crippen molar-refractivity contribution in [1.29, 1.82) is 0 Å². The van der Waals surface area contributed by atoms with Crippen molar-refractivity contribution in [2.75, 3.05) is 6.54 Å². The number of nitrogens with zero attached hydrogens (tertiary/aromatic N) is 1. The number of aliphatic hydroxyl groups excluding tert-OH is 2. The first kappa shape index (κ1) is 12.7. The number of rotatable bonds is 5. The summed E-state index contributed by atoms with van der Waals surface area (Å²) in [5.41, 5.74) is 1.17. The molecular formula is C10H17N3O3. The molecule has 0 aliphatic carbocycles. The SMILES string of the molecule is CC(=O)NCCC(O)C(O)c1nc[nH]c1C. The van der Waals surface area contributed by atoms with Crippen LogP contribution in [0.3, 0.4) is 0 Å². The second kappa shape index (κ2) is 5.62. The number of aromatic nitrogens is 2. The Kier molecular flexibility index (Phi) is 4.45. The second-order valence-corrected chi connectivity index (χ2v) is 3.70. The van der Waals surface area contributed by atoms with Crippen LogP contribution in [-0.2, 0) is 4.79 Å². The first-order chi connectivity index (χ1) is 7.52. The highest BCUT2D eigenvalue weighted by molar-refractivity contribution is 5.72. The van der Waals surface area contributed by atoms with E-state index in [2.05, 4.69) is 15.3 Å². The molecule has 1 aromatic rings. The predicted octanol–water partition coefficient (Wildman–Crippen LogP) is -0.361. The molecule has 4 N–H and O–H groups in total. The molecule has 0 aromatic carbocycles. The third kappa shape index (κ3) is 3.32. The standard InChI is InChI=1S/C10H17N3O3/c1-6-9(13-5-12-6)10(16)8(15)3-4-11-7(2)14/h5,8,10,15-16H,3-4H2,1-2H3,(H,11,14)(H,12,13). The lowest BCUT2D eigenvalue weighted by molar-refractivity contribution is -0.119. The number of H-pyrrole nitrogens is 1. The first-order valence-electron chi connectivity index (χ1n) is 5.12. The second-order valence-electron chi connectivity index (χ2n) is 3.70. The number of carbonyl (C=O) groups is 1. The number of hydrogen-bond acceptors (Lipinski definition) is 4. The summed E-state index contributed by atoms with van der Waals surface area (Å²) in [5, 5.41) is 22.0. The summed E-state index contributed by atoms with van der Waals surface area (Å²) in [7, 11) is 0. The molecule has 2 atom stereocenters. The van der Waals surface area contributed by atoms with Crippen molar-refractivity contribution in [3.05, 3.63) is 17.7 Å². The molecule has 16 heavy (non-hydrogen) atoms. The Bertz CT molecular complexity index is 351. The molecule has 0 saturated heterocycles. The minimum atomic E-state index is -1.03. The van der Waals surface area contributed by atoms with E-state index in [0.29, 0.717) is 12.2 Å². The normalized spacial score (nSPS) is 14.5. The van der Waals surface area contributed by atoms with Crippen LogP contribution < -0.4 is 5.32 Å². The highest BCUT2D eigenvalue weighted by Crippen LogP contribution is 2.18. The molecule has 90 valence electrons. The number of imidazole rings is 1. The third-order valence-corrected chi connectivity index (χ3v) is 2.33. The lowest BCUT2D eigenvalue weighted by atomic mass is 10.1. The number of hydrogen-bond donors (Lipinski definition) is 4. The monoisotopic (exact) mass is 227 g/mol. The number of aryl methyl sites for hydroxylation is 1. The van der Waals surface area contributed by atoms with Crippen molar-refractivity contribution < 1.29 is 15.0 Å². The first-order valence-corrected chi connectivity index (χ1v) is 5.12. The van der Waals surface area contributed by atoms with Gasteiger partial charge in [0.1, 0.15) is 6.10 Å². The lowest BCUT2D eigenvalue weighted by Gasteiger charge is -2.16. The summed E-state index contributed by atoms with van der Waals surface area (Å²) in [6.07, 6.45) is -0.213. The summed E-state index contributed by atoms with van der Waals surface area (Å²) in [6.45, 7) is 3.50. The van der Waals surface area contributed by atoms with Crippen LogP contribution in [0.5, 0.6) is 0 Å². The Morgan fingerprint density at radius 3 is 2.81 bits per heavy atom. The van der Waals surface area contributed by atoms with E-state index in [9.17, 15) is 15.0 Å². The van der Waals surface area contributed by atoms with E-state index < -0.39 is 12.2 Å². The average Bonchev–Trinajstić information content (AvgIpc) is 2.62. The van der Waals surface area contributed by atoms with Crippen molar-refractivity contribution in [3.63, 3.8) is 0 Å². The maximum absolute atomic E-state index is 10.6. The highest BCUT2D eigenvalue weighted by Gasteiger charge is 2.21. The Balaban J connectivity index is 2.45. The molecular weight excluding hydrogens is 210 g/mol. The van der Waals surface area contributed by atoms with Gasteiger partial charge in [0.05, 0.1) is 18.1 Å².